The Morgan fingerprint density at radius 3 is 2.46 bits per heavy atom. The Balaban J connectivity index is 1.96. The Bertz CT molecular complexity index is 682. The summed E-state index contributed by atoms with van der Waals surface area (Å²) in [7, 11) is 7.64. The number of nitrogens with zero attached hydrogens (tertiary/aromatic N) is 4. The van der Waals surface area contributed by atoms with Gasteiger partial charge in [0, 0.05) is 47.5 Å². The monoisotopic (exact) mass is 329 g/mol. The minimum Gasteiger partial charge on any atom is -0.363 e. The highest BCUT2D eigenvalue weighted by atomic mass is 19.1. The molecule has 1 heterocycles. The maximum atomic E-state index is 13.0. The first-order valence-electron chi connectivity index (χ1n) is 7.78. The smallest absolute Gasteiger partial charge is 0.193 e. The first-order valence-corrected chi connectivity index (χ1v) is 7.78. The van der Waals surface area contributed by atoms with Gasteiger partial charge in [0.25, 0.3) is 0 Å². The quantitative estimate of drug-likeness (QED) is 0.676. The van der Waals surface area contributed by atoms with Gasteiger partial charge in [-0.1, -0.05) is 12.1 Å². The van der Waals surface area contributed by atoms with Crippen molar-refractivity contribution in [2.24, 2.45) is 4.99 Å². The summed E-state index contributed by atoms with van der Waals surface area (Å²) >= 11 is 0. The number of halogens is 1. The molecule has 5 nitrogen and oxygen atoms in total. The van der Waals surface area contributed by atoms with Gasteiger partial charge in [0.1, 0.15) is 11.6 Å². The zero-order chi connectivity index (χ0) is 17.5. The van der Waals surface area contributed by atoms with Crippen molar-refractivity contribution in [3.8, 4) is 0 Å². The molecule has 1 aromatic heterocycles. The van der Waals surface area contributed by atoms with E-state index in [-0.39, 0.29) is 5.82 Å². The number of rotatable bonds is 5. The summed E-state index contributed by atoms with van der Waals surface area (Å²) in [5.41, 5.74) is 2.16. The largest absolute Gasteiger partial charge is 0.363 e. The first-order chi connectivity index (χ1) is 11.5. The van der Waals surface area contributed by atoms with E-state index in [2.05, 4.69) is 15.3 Å². The van der Waals surface area contributed by atoms with Crippen molar-refractivity contribution >= 4 is 11.8 Å². The number of aliphatic imine (C=N–C) groups is 1. The predicted octanol–water partition coefficient (Wildman–Crippen LogP) is 2.49. The van der Waals surface area contributed by atoms with Crippen LogP contribution in [0.25, 0.3) is 0 Å². The van der Waals surface area contributed by atoms with Crippen LogP contribution in [0.15, 0.2) is 47.6 Å². The molecule has 0 aliphatic carbocycles. The lowest BCUT2D eigenvalue weighted by atomic mass is 10.2. The zero-order valence-electron chi connectivity index (χ0n) is 14.6. The fourth-order valence-corrected chi connectivity index (χ4v) is 2.32. The number of guanidine groups is 1. The summed E-state index contributed by atoms with van der Waals surface area (Å²) < 4.78 is 13.0. The van der Waals surface area contributed by atoms with Gasteiger partial charge in [-0.2, -0.15) is 0 Å². The fraction of sp³-hybridized carbons (Fsp3) is 0.333. The van der Waals surface area contributed by atoms with E-state index < -0.39 is 0 Å². The third-order valence-electron chi connectivity index (χ3n) is 3.63. The number of hydrogen-bond donors (Lipinski definition) is 1. The van der Waals surface area contributed by atoms with E-state index in [9.17, 15) is 4.39 Å². The van der Waals surface area contributed by atoms with E-state index in [0.29, 0.717) is 13.1 Å². The number of benzene rings is 1. The Kier molecular flexibility index (Phi) is 6.12. The van der Waals surface area contributed by atoms with Gasteiger partial charge >= 0.3 is 0 Å². The van der Waals surface area contributed by atoms with Crippen molar-refractivity contribution in [1.82, 2.24) is 15.2 Å². The second-order valence-corrected chi connectivity index (χ2v) is 5.80. The zero-order valence-corrected chi connectivity index (χ0v) is 14.6. The molecule has 0 spiro atoms. The molecule has 6 heteroatoms. The summed E-state index contributed by atoms with van der Waals surface area (Å²) in [6, 6.07) is 10.5. The van der Waals surface area contributed by atoms with Crippen LogP contribution in [0.1, 0.15) is 11.1 Å². The van der Waals surface area contributed by atoms with Gasteiger partial charge in [-0.15, -0.1) is 0 Å². The summed E-state index contributed by atoms with van der Waals surface area (Å²) in [6.07, 6.45) is 1.80. The maximum Gasteiger partial charge on any atom is 0.193 e. The van der Waals surface area contributed by atoms with E-state index in [1.807, 2.05) is 43.1 Å². The Morgan fingerprint density at radius 2 is 1.83 bits per heavy atom. The molecule has 128 valence electrons. The normalized spacial score (nSPS) is 11.3. The highest BCUT2D eigenvalue weighted by molar-refractivity contribution is 5.79. The van der Waals surface area contributed by atoms with Gasteiger partial charge in [0.05, 0.1) is 0 Å². The van der Waals surface area contributed by atoms with Crippen molar-refractivity contribution in [3.63, 3.8) is 0 Å². The van der Waals surface area contributed by atoms with Crippen molar-refractivity contribution < 1.29 is 4.39 Å². The predicted molar refractivity (Wildman–Crippen MR) is 96.6 cm³/mol. The molecular formula is C18H24FN5. The van der Waals surface area contributed by atoms with Gasteiger partial charge < -0.3 is 15.1 Å². The van der Waals surface area contributed by atoms with Crippen LogP contribution in [0.3, 0.4) is 0 Å². The van der Waals surface area contributed by atoms with Gasteiger partial charge in [-0.3, -0.25) is 4.99 Å². The van der Waals surface area contributed by atoms with Crippen LogP contribution >= 0.6 is 0 Å². The van der Waals surface area contributed by atoms with Crippen molar-refractivity contribution in [3.05, 3.63) is 59.5 Å². The molecule has 0 amide bonds. The van der Waals surface area contributed by atoms with Crippen LogP contribution in [0.2, 0.25) is 0 Å². The van der Waals surface area contributed by atoms with Crippen molar-refractivity contribution in [1.29, 1.82) is 0 Å². The number of anilines is 1. The Morgan fingerprint density at radius 1 is 1.12 bits per heavy atom. The lowest BCUT2D eigenvalue weighted by Gasteiger charge is -2.22. The molecular weight excluding hydrogens is 305 g/mol. The Hall–Kier alpha value is -2.63. The average molecular weight is 329 g/mol. The molecule has 0 radical (unpaired) electrons. The molecule has 1 aromatic carbocycles. The average Bonchev–Trinajstić information content (AvgIpc) is 2.57. The first kappa shape index (κ1) is 17.7. The number of aromatic nitrogens is 1. The summed E-state index contributed by atoms with van der Waals surface area (Å²) in [4.78, 5) is 12.6. The number of pyridine rings is 1. The van der Waals surface area contributed by atoms with Gasteiger partial charge in [0.2, 0.25) is 0 Å². The van der Waals surface area contributed by atoms with E-state index >= 15 is 0 Å². The van der Waals surface area contributed by atoms with Crippen molar-refractivity contribution in [2.45, 2.75) is 13.1 Å². The number of hydrogen-bond acceptors (Lipinski definition) is 3. The highest BCUT2D eigenvalue weighted by Gasteiger charge is 2.07. The summed E-state index contributed by atoms with van der Waals surface area (Å²) in [5.74, 6) is 1.48. The SMILES string of the molecule is CN=C(NCc1ccnc(N(C)C)c1)N(C)Cc1ccc(F)cc1. The van der Waals surface area contributed by atoms with Crippen molar-refractivity contribution in [2.75, 3.05) is 33.1 Å². The second kappa shape index (κ2) is 8.29. The van der Waals surface area contributed by atoms with Gasteiger partial charge in [-0.25, -0.2) is 9.37 Å². The van der Waals surface area contributed by atoms with E-state index in [1.165, 1.54) is 12.1 Å². The van der Waals surface area contributed by atoms with Crippen LogP contribution in [0, 0.1) is 5.82 Å². The third kappa shape index (κ3) is 4.94. The van der Waals surface area contributed by atoms with E-state index in [0.717, 1.165) is 22.9 Å². The standard InChI is InChI=1S/C18H24FN5/c1-20-18(24(4)13-14-5-7-16(19)8-6-14)22-12-15-9-10-21-17(11-15)23(2)3/h5-11H,12-13H2,1-4H3,(H,20,22). The molecule has 0 atom stereocenters. The van der Waals surface area contributed by atoms with Crippen LogP contribution in [-0.4, -0.2) is 44.0 Å². The lowest BCUT2D eigenvalue weighted by Crippen LogP contribution is -2.38. The van der Waals surface area contributed by atoms with E-state index in [1.54, 1.807) is 25.4 Å². The van der Waals surface area contributed by atoms with Gasteiger partial charge in [0.15, 0.2) is 5.96 Å². The molecule has 1 N–H and O–H groups in total. The van der Waals surface area contributed by atoms with Crippen LogP contribution in [-0.2, 0) is 13.1 Å². The molecule has 0 aliphatic rings. The van der Waals surface area contributed by atoms with Crippen LogP contribution < -0.4 is 10.2 Å². The topological polar surface area (TPSA) is 43.8 Å². The molecule has 0 fully saturated rings. The minimum absolute atomic E-state index is 0.224. The molecule has 0 saturated carbocycles. The Labute approximate surface area is 142 Å². The summed E-state index contributed by atoms with van der Waals surface area (Å²) in [6.45, 7) is 1.31. The lowest BCUT2D eigenvalue weighted by molar-refractivity contribution is 0.476. The molecule has 0 bridgehead atoms. The van der Waals surface area contributed by atoms with Gasteiger partial charge in [-0.05, 0) is 35.4 Å². The summed E-state index contributed by atoms with van der Waals surface area (Å²) in [5, 5.41) is 3.34. The highest BCUT2D eigenvalue weighted by Crippen LogP contribution is 2.10. The van der Waals surface area contributed by atoms with E-state index in [4.69, 9.17) is 0 Å². The molecule has 0 aliphatic heterocycles. The molecule has 0 unspecified atom stereocenters. The third-order valence-corrected chi connectivity index (χ3v) is 3.63. The molecule has 24 heavy (non-hydrogen) atoms. The van der Waals surface area contributed by atoms with Crippen LogP contribution in [0.5, 0.6) is 0 Å². The maximum absolute atomic E-state index is 13.0. The number of nitrogens with one attached hydrogen (secondary N) is 1. The molecule has 2 rings (SSSR count). The fourth-order valence-electron chi connectivity index (χ4n) is 2.32. The minimum atomic E-state index is -0.224. The molecule has 0 saturated heterocycles. The van der Waals surface area contributed by atoms with Crippen LogP contribution in [0.4, 0.5) is 10.2 Å². The second-order valence-electron chi connectivity index (χ2n) is 5.80. The molecule has 2 aromatic rings.